The standard InChI is InChI=1S/C15H15NO3/c1-2-19-10-9-16-15(18)13-8-7-11-5-3-4-6-12(11)14(13)17/h2-8,17H,1,9-10H2,(H,16,18). The number of carbonyl (C=O) groups is 1. The topological polar surface area (TPSA) is 58.6 Å². The molecule has 1 amide bonds. The third kappa shape index (κ3) is 2.85. The SMILES string of the molecule is C=COCCNC(=O)c1ccc2ccccc2c1O. The fourth-order valence-corrected chi connectivity index (χ4v) is 1.84. The molecule has 0 heterocycles. The van der Waals surface area contributed by atoms with Crippen LogP contribution in [0.1, 0.15) is 10.4 Å². The third-order valence-electron chi connectivity index (χ3n) is 2.77. The molecule has 2 aromatic carbocycles. The fourth-order valence-electron chi connectivity index (χ4n) is 1.84. The van der Waals surface area contributed by atoms with Gasteiger partial charge in [-0.15, -0.1) is 0 Å². The summed E-state index contributed by atoms with van der Waals surface area (Å²) in [5.41, 5.74) is 0.261. The van der Waals surface area contributed by atoms with E-state index in [0.717, 1.165) is 5.39 Å². The average molecular weight is 257 g/mol. The van der Waals surface area contributed by atoms with E-state index in [9.17, 15) is 9.90 Å². The minimum absolute atomic E-state index is 0.000221. The van der Waals surface area contributed by atoms with Gasteiger partial charge in [-0.05, 0) is 11.5 Å². The van der Waals surface area contributed by atoms with E-state index in [4.69, 9.17) is 4.74 Å². The Morgan fingerprint density at radius 2 is 2.11 bits per heavy atom. The number of amides is 1. The quantitative estimate of drug-likeness (QED) is 0.639. The number of ether oxygens (including phenoxy) is 1. The van der Waals surface area contributed by atoms with Crippen LogP contribution in [-0.4, -0.2) is 24.2 Å². The Bertz CT molecular complexity index is 607. The molecule has 0 saturated carbocycles. The average Bonchev–Trinajstić information content (AvgIpc) is 2.44. The highest BCUT2D eigenvalue weighted by Gasteiger charge is 2.12. The summed E-state index contributed by atoms with van der Waals surface area (Å²) in [5, 5.41) is 14.3. The van der Waals surface area contributed by atoms with Gasteiger partial charge in [0.15, 0.2) is 0 Å². The molecular weight excluding hydrogens is 242 g/mol. The highest BCUT2D eigenvalue weighted by Crippen LogP contribution is 2.28. The molecule has 0 spiro atoms. The van der Waals surface area contributed by atoms with Crippen molar-refractivity contribution in [3.63, 3.8) is 0 Å². The Hall–Kier alpha value is -2.49. The molecule has 4 nitrogen and oxygen atoms in total. The van der Waals surface area contributed by atoms with Gasteiger partial charge in [-0.25, -0.2) is 0 Å². The minimum atomic E-state index is -0.323. The molecule has 0 unspecified atom stereocenters. The Morgan fingerprint density at radius 1 is 1.32 bits per heavy atom. The van der Waals surface area contributed by atoms with Crippen molar-refractivity contribution in [2.45, 2.75) is 0 Å². The van der Waals surface area contributed by atoms with Gasteiger partial charge in [0, 0.05) is 5.39 Å². The van der Waals surface area contributed by atoms with Crippen molar-refractivity contribution in [3.05, 3.63) is 54.8 Å². The van der Waals surface area contributed by atoms with Crippen LogP contribution in [-0.2, 0) is 4.74 Å². The van der Waals surface area contributed by atoms with Crippen LogP contribution in [0.4, 0.5) is 0 Å². The second-order valence-corrected chi connectivity index (χ2v) is 3.98. The van der Waals surface area contributed by atoms with Crippen LogP contribution in [0.25, 0.3) is 10.8 Å². The third-order valence-corrected chi connectivity index (χ3v) is 2.77. The normalized spacial score (nSPS) is 10.1. The summed E-state index contributed by atoms with van der Waals surface area (Å²) >= 11 is 0. The maximum atomic E-state index is 11.9. The molecule has 19 heavy (non-hydrogen) atoms. The molecule has 0 saturated heterocycles. The van der Waals surface area contributed by atoms with Crippen LogP contribution in [0.5, 0.6) is 5.75 Å². The minimum Gasteiger partial charge on any atom is -0.506 e. The highest BCUT2D eigenvalue weighted by molar-refractivity contribution is 6.03. The number of rotatable bonds is 5. The molecule has 0 atom stereocenters. The van der Waals surface area contributed by atoms with Crippen LogP contribution < -0.4 is 5.32 Å². The van der Waals surface area contributed by atoms with Crippen molar-refractivity contribution >= 4 is 16.7 Å². The summed E-state index contributed by atoms with van der Waals surface area (Å²) in [6, 6.07) is 10.8. The van der Waals surface area contributed by atoms with Crippen LogP contribution >= 0.6 is 0 Å². The predicted molar refractivity (Wildman–Crippen MR) is 74.1 cm³/mol. The molecule has 0 radical (unpaired) electrons. The number of phenolic OH excluding ortho intramolecular Hbond substituents is 1. The van der Waals surface area contributed by atoms with E-state index in [1.165, 1.54) is 6.26 Å². The lowest BCUT2D eigenvalue weighted by molar-refractivity contribution is 0.0940. The van der Waals surface area contributed by atoms with Crippen LogP contribution in [0.2, 0.25) is 0 Å². The zero-order valence-electron chi connectivity index (χ0n) is 10.4. The fraction of sp³-hybridized carbons (Fsp3) is 0.133. The summed E-state index contributed by atoms with van der Waals surface area (Å²) in [6.45, 7) is 4.12. The monoisotopic (exact) mass is 257 g/mol. The van der Waals surface area contributed by atoms with Crippen molar-refractivity contribution in [2.24, 2.45) is 0 Å². The maximum Gasteiger partial charge on any atom is 0.255 e. The van der Waals surface area contributed by atoms with Crippen LogP contribution in [0, 0.1) is 0 Å². The second kappa shape index (κ2) is 5.91. The molecular formula is C15H15NO3. The molecule has 0 aliphatic carbocycles. The number of phenols is 1. The summed E-state index contributed by atoms with van der Waals surface area (Å²) in [5.74, 6) is -0.323. The summed E-state index contributed by atoms with van der Waals surface area (Å²) in [6.07, 6.45) is 1.32. The first-order valence-electron chi connectivity index (χ1n) is 5.95. The molecule has 0 aliphatic rings. The Kier molecular flexibility index (Phi) is 4.03. The Labute approximate surface area is 111 Å². The Morgan fingerprint density at radius 3 is 2.89 bits per heavy atom. The molecule has 0 fully saturated rings. The number of aromatic hydroxyl groups is 1. The molecule has 2 rings (SSSR count). The largest absolute Gasteiger partial charge is 0.506 e. The van der Waals surface area contributed by atoms with E-state index < -0.39 is 0 Å². The number of nitrogens with one attached hydrogen (secondary N) is 1. The molecule has 4 heteroatoms. The number of benzene rings is 2. The number of fused-ring (bicyclic) bond motifs is 1. The molecule has 0 bridgehead atoms. The van der Waals surface area contributed by atoms with E-state index in [0.29, 0.717) is 18.5 Å². The van der Waals surface area contributed by atoms with Crippen LogP contribution in [0.15, 0.2) is 49.2 Å². The van der Waals surface area contributed by atoms with Gasteiger partial charge in [0.05, 0.1) is 18.4 Å². The second-order valence-electron chi connectivity index (χ2n) is 3.98. The van der Waals surface area contributed by atoms with Gasteiger partial charge < -0.3 is 15.2 Å². The lowest BCUT2D eigenvalue weighted by Gasteiger charge is -2.08. The van der Waals surface area contributed by atoms with E-state index in [-0.39, 0.29) is 17.2 Å². The lowest BCUT2D eigenvalue weighted by Crippen LogP contribution is -2.26. The maximum absolute atomic E-state index is 11.9. The van der Waals surface area contributed by atoms with E-state index in [2.05, 4.69) is 11.9 Å². The smallest absolute Gasteiger partial charge is 0.255 e. The Balaban J connectivity index is 2.18. The highest BCUT2D eigenvalue weighted by atomic mass is 16.5. The van der Waals surface area contributed by atoms with Crippen molar-refractivity contribution in [3.8, 4) is 5.75 Å². The lowest BCUT2D eigenvalue weighted by atomic mass is 10.0. The van der Waals surface area contributed by atoms with Crippen molar-refractivity contribution in [1.29, 1.82) is 0 Å². The van der Waals surface area contributed by atoms with Crippen molar-refractivity contribution in [2.75, 3.05) is 13.2 Å². The molecule has 0 aromatic heterocycles. The van der Waals surface area contributed by atoms with E-state index in [1.54, 1.807) is 12.1 Å². The van der Waals surface area contributed by atoms with E-state index >= 15 is 0 Å². The zero-order valence-corrected chi connectivity index (χ0v) is 10.4. The van der Waals surface area contributed by atoms with Crippen LogP contribution in [0.3, 0.4) is 0 Å². The van der Waals surface area contributed by atoms with Gasteiger partial charge in [-0.2, -0.15) is 0 Å². The van der Waals surface area contributed by atoms with Gasteiger partial charge in [0.1, 0.15) is 12.4 Å². The van der Waals surface area contributed by atoms with Crippen molar-refractivity contribution in [1.82, 2.24) is 5.32 Å². The number of hydrogen-bond donors (Lipinski definition) is 2. The predicted octanol–water partition coefficient (Wildman–Crippen LogP) is 2.44. The van der Waals surface area contributed by atoms with Crippen molar-refractivity contribution < 1.29 is 14.6 Å². The van der Waals surface area contributed by atoms with Gasteiger partial charge in [-0.1, -0.05) is 36.9 Å². The molecule has 2 aromatic rings. The number of hydrogen-bond acceptors (Lipinski definition) is 3. The number of carbonyl (C=O) groups excluding carboxylic acids is 1. The first-order valence-corrected chi connectivity index (χ1v) is 5.95. The summed E-state index contributed by atoms with van der Waals surface area (Å²) in [7, 11) is 0. The van der Waals surface area contributed by atoms with Gasteiger partial charge >= 0.3 is 0 Å². The first kappa shape index (κ1) is 13.0. The molecule has 98 valence electrons. The summed E-state index contributed by atoms with van der Waals surface area (Å²) in [4.78, 5) is 11.9. The summed E-state index contributed by atoms with van der Waals surface area (Å²) < 4.78 is 4.91. The molecule has 0 aliphatic heterocycles. The van der Waals surface area contributed by atoms with E-state index in [1.807, 2.05) is 24.3 Å². The molecule has 2 N–H and O–H groups in total. The zero-order chi connectivity index (χ0) is 13.7. The van der Waals surface area contributed by atoms with Gasteiger partial charge in [0.25, 0.3) is 5.91 Å². The first-order chi connectivity index (χ1) is 9.24. The van der Waals surface area contributed by atoms with Gasteiger partial charge in [-0.3, -0.25) is 4.79 Å². The van der Waals surface area contributed by atoms with Gasteiger partial charge in [0.2, 0.25) is 0 Å².